The molecule has 0 bridgehead atoms. The minimum atomic E-state index is -3.77. The minimum Gasteiger partial charge on any atom is -0.337 e. The van der Waals surface area contributed by atoms with Gasteiger partial charge in [0.2, 0.25) is 0 Å². The van der Waals surface area contributed by atoms with E-state index < -0.39 is 9.05 Å². The molecule has 6 heteroatoms. The largest absolute Gasteiger partial charge is 0.337 e. The quantitative estimate of drug-likeness (QED) is 0.801. The monoisotopic (exact) mass is 317 g/mol. The molecule has 0 unspecified atom stereocenters. The van der Waals surface area contributed by atoms with Gasteiger partial charge < -0.3 is 4.90 Å². The Morgan fingerprint density at radius 2 is 1.90 bits per heavy atom. The van der Waals surface area contributed by atoms with E-state index in [1.54, 1.807) is 18.9 Å². The second-order valence-electron chi connectivity index (χ2n) is 5.44. The van der Waals surface area contributed by atoms with Crippen LogP contribution in [0.2, 0.25) is 0 Å². The molecule has 0 saturated carbocycles. The molecule has 0 spiro atoms. The van der Waals surface area contributed by atoms with Gasteiger partial charge in [0.05, 0.1) is 4.90 Å². The number of hydrogen-bond donors (Lipinski definition) is 0. The lowest BCUT2D eigenvalue weighted by Crippen LogP contribution is -2.44. The Morgan fingerprint density at radius 3 is 2.30 bits per heavy atom. The fraction of sp³-hybridized carbons (Fsp3) is 0.500. The standard InChI is InChI=1S/C14H20ClNO3S/c1-6-14(3,4)16(5)13(17)12-8-7-11(9-10(12)2)20(15,18)19/h7-9H,6H2,1-5H3. The van der Waals surface area contributed by atoms with E-state index in [-0.39, 0.29) is 16.3 Å². The number of aryl methyl sites for hydroxylation is 1. The molecule has 0 N–H and O–H groups in total. The van der Waals surface area contributed by atoms with Gasteiger partial charge in [0.15, 0.2) is 0 Å². The Bertz CT molecular complexity index is 623. The van der Waals surface area contributed by atoms with Crippen LogP contribution in [0.4, 0.5) is 0 Å². The fourth-order valence-electron chi connectivity index (χ4n) is 1.72. The first-order chi connectivity index (χ1) is 9.00. The summed E-state index contributed by atoms with van der Waals surface area (Å²) in [6, 6.07) is 4.28. The molecule has 0 aliphatic rings. The molecule has 0 fully saturated rings. The normalized spacial score (nSPS) is 12.3. The van der Waals surface area contributed by atoms with Crippen LogP contribution in [0.25, 0.3) is 0 Å². The molecule has 0 aromatic heterocycles. The molecule has 1 aromatic rings. The molecule has 0 saturated heterocycles. The predicted octanol–water partition coefficient (Wildman–Crippen LogP) is 3.18. The molecular weight excluding hydrogens is 298 g/mol. The molecule has 0 heterocycles. The van der Waals surface area contributed by atoms with Crippen molar-refractivity contribution in [2.75, 3.05) is 7.05 Å². The molecule has 1 rings (SSSR count). The zero-order valence-electron chi connectivity index (χ0n) is 12.4. The molecule has 0 aliphatic heterocycles. The van der Waals surface area contributed by atoms with Gasteiger partial charge in [-0.3, -0.25) is 4.79 Å². The van der Waals surface area contributed by atoms with Crippen LogP contribution in [0.5, 0.6) is 0 Å². The van der Waals surface area contributed by atoms with Crippen molar-refractivity contribution < 1.29 is 13.2 Å². The third kappa shape index (κ3) is 3.52. The van der Waals surface area contributed by atoms with E-state index in [1.807, 2.05) is 20.8 Å². The molecule has 112 valence electrons. The Kier molecular flexibility index (Phi) is 4.87. The summed E-state index contributed by atoms with van der Waals surface area (Å²) in [7, 11) is 3.27. The Balaban J connectivity index is 3.20. The van der Waals surface area contributed by atoms with Crippen LogP contribution in [-0.4, -0.2) is 31.8 Å². The Labute approximate surface area is 125 Å². The summed E-state index contributed by atoms with van der Waals surface area (Å²) < 4.78 is 22.6. The first-order valence-corrected chi connectivity index (χ1v) is 8.65. The van der Waals surface area contributed by atoms with Gasteiger partial charge in [-0.2, -0.15) is 0 Å². The zero-order chi connectivity index (χ0) is 15.7. The maximum Gasteiger partial charge on any atom is 0.261 e. The highest BCUT2D eigenvalue weighted by Gasteiger charge is 2.27. The predicted molar refractivity (Wildman–Crippen MR) is 80.7 cm³/mol. The number of benzene rings is 1. The van der Waals surface area contributed by atoms with Crippen LogP contribution in [0.15, 0.2) is 23.1 Å². The number of nitrogens with zero attached hydrogens (tertiary/aromatic N) is 1. The third-order valence-electron chi connectivity index (χ3n) is 3.79. The lowest BCUT2D eigenvalue weighted by molar-refractivity contribution is 0.0619. The number of hydrogen-bond acceptors (Lipinski definition) is 3. The summed E-state index contributed by atoms with van der Waals surface area (Å²) in [5.41, 5.74) is 0.814. The van der Waals surface area contributed by atoms with Crippen molar-refractivity contribution in [3.8, 4) is 0 Å². The highest BCUT2D eigenvalue weighted by Crippen LogP contribution is 2.23. The topological polar surface area (TPSA) is 54.5 Å². The molecule has 1 amide bonds. The van der Waals surface area contributed by atoms with Crippen molar-refractivity contribution in [3.63, 3.8) is 0 Å². The summed E-state index contributed by atoms with van der Waals surface area (Å²) in [6.45, 7) is 7.68. The van der Waals surface area contributed by atoms with Gasteiger partial charge in [-0.25, -0.2) is 8.42 Å². The first-order valence-electron chi connectivity index (χ1n) is 6.34. The SMILES string of the molecule is CCC(C)(C)N(C)C(=O)c1ccc(S(=O)(=O)Cl)cc1C. The van der Waals surface area contributed by atoms with Crippen molar-refractivity contribution in [1.29, 1.82) is 0 Å². The first kappa shape index (κ1) is 17.0. The van der Waals surface area contributed by atoms with Gasteiger partial charge in [0.1, 0.15) is 0 Å². The Morgan fingerprint density at radius 1 is 1.35 bits per heavy atom. The molecule has 0 atom stereocenters. The second kappa shape index (κ2) is 5.74. The van der Waals surface area contributed by atoms with E-state index in [1.165, 1.54) is 18.2 Å². The zero-order valence-corrected chi connectivity index (χ0v) is 14.0. The van der Waals surface area contributed by atoms with Crippen LogP contribution in [0, 0.1) is 6.92 Å². The van der Waals surface area contributed by atoms with E-state index in [9.17, 15) is 13.2 Å². The summed E-state index contributed by atoms with van der Waals surface area (Å²) in [5.74, 6) is -0.132. The minimum absolute atomic E-state index is 0.00521. The van der Waals surface area contributed by atoms with E-state index in [0.717, 1.165) is 6.42 Å². The molecular formula is C14H20ClNO3S. The lowest BCUT2D eigenvalue weighted by Gasteiger charge is -2.35. The maximum absolute atomic E-state index is 12.5. The Hall–Kier alpha value is -1.07. The van der Waals surface area contributed by atoms with E-state index in [0.29, 0.717) is 11.1 Å². The van der Waals surface area contributed by atoms with Gasteiger partial charge >= 0.3 is 0 Å². The van der Waals surface area contributed by atoms with E-state index in [2.05, 4.69) is 0 Å². The highest BCUT2D eigenvalue weighted by molar-refractivity contribution is 8.13. The van der Waals surface area contributed by atoms with Gasteiger partial charge in [0.25, 0.3) is 15.0 Å². The van der Waals surface area contributed by atoms with E-state index >= 15 is 0 Å². The van der Waals surface area contributed by atoms with Crippen LogP contribution in [-0.2, 0) is 9.05 Å². The molecule has 20 heavy (non-hydrogen) atoms. The smallest absolute Gasteiger partial charge is 0.261 e. The molecule has 0 aliphatic carbocycles. The van der Waals surface area contributed by atoms with Crippen molar-refractivity contribution in [1.82, 2.24) is 4.90 Å². The third-order valence-corrected chi connectivity index (χ3v) is 5.14. The van der Waals surface area contributed by atoms with Crippen molar-refractivity contribution >= 4 is 25.6 Å². The van der Waals surface area contributed by atoms with Crippen LogP contribution in [0.3, 0.4) is 0 Å². The number of halogens is 1. The van der Waals surface area contributed by atoms with Crippen molar-refractivity contribution in [2.24, 2.45) is 0 Å². The van der Waals surface area contributed by atoms with Gasteiger partial charge in [-0.05, 0) is 51.0 Å². The van der Waals surface area contributed by atoms with Crippen LogP contribution < -0.4 is 0 Å². The van der Waals surface area contributed by atoms with Gasteiger partial charge in [-0.1, -0.05) is 6.92 Å². The molecule has 0 radical (unpaired) electrons. The number of carbonyl (C=O) groups is 1. The van der Waals surface area contributed by atoms with Gasteiger partial charge in [-0.15, -0.1) is 0 Å². The number of rotatable bonds is 4. The fourth-order valence-corrected chi connectivity index (χ4v) is 2.56. The average molecular weight is 318 g/mol. The van der Waals surface area contributed by atoms with E-state index in [4.69, 9.17) is 10.7 Å². The van der Waals surface area contributed by atoms with Crippen molar-refractivity contribution in [2.45, 2.75) is 44.6 Å². The van der Waals surface area contributed by atoms with Crippen LogP contribution >= 0.6 is 10.7 Å². The molecule has 1 aromatic carbocycles. The average Bonchev–Trinajstić information content (AvgIpc) is 2.35. The summed E-state index contributed by atoms with van der Waals surface area (Å²) >= 11 is 0. The van der Waals surface area contributed by atoms with Crippen LogP contribution in [0.1, 0.15) is 43.1 Å². The summed E-state index contributed by atoms with van der Waals surface area (Å²) in [4.78, 5) is 14.2. The molecule has 4 nitrogen and oxygen atoms in total. The van der Waals surface area contributed by atoms with Crippen molar-refractivity contribution in [3.05, 3.63) is 29.3 Å². The highest BCUT2D eigenvalue weighted by atomic mass is 35.7. The maximum atomic E-state index is 12.5. The lowest BCUT2D eigenvalue weighted by atomic mass is 9.98. The summed E-state index contributed by atoms with van der Waals surface area (Å²) in [6.07, 6.45) is 0.822. The number of carbonyl (C=O) groups excluding carboxylic acids is 1. The number of amides is 1. The second-order valence-corrected chi connectivity index (χ2v) is 8.01. The van der Waals surface area contributed by atoms with Gasteiger partial charge in [0, 0.05) is 28.8 Å². The summed E-state index contributed by atoms with van der Waals surface area (Å²) in [5, 5.41) is 0.